The van der Waals surface area contributed by atoms with Crippen molar-refractivity contribution in [1.82, 2.24) is 5.32 Å². The molecule has 1 aliphatic rings. The minimum atomic E-state index is -4.80. The van der Waals surface area contributed by atoms with E-state index in [1.54, 1.807) is 54.6 Å². The van der Waals surface area contributed by atoms with Crippen LogP contribution in [0.2, 0.25) is 0 Å². The van der Waals surface area contributed by atoms with Gasteiger partial charge in [-0.3, -0.25) is 14.4 Å². The number of anilines is 1. The van der Waals surface area contributed by atoms with Crippen molar-refractivity contribution in [3.05, 3.63) is 65.7 Å². The number of hydrogen-bond acceptors (Lipinski definition) is 4. The number of rotatable bonds is 10. The number of nitrogens with zero attached hydrogens (tertiary/aromatic N) is 1. The van der Waals surface area contributed by atoms with Crippen molar-refractivity contribution < 1.29 is 45.8 Å². The highest BCUT2D eigenvalue weighted by atomic mass is 19.4. The number of carbonyl (C=O) groups is 3. The van der Waals surface area contributed by atoms with Gasteiger partial charge in [0.15, 0.2) is 0 Å². The number of carbonyl (C=O) groups excluding carboxylic acids is 2. The van der Waals surface area contributed by atoms with Crippen LogP contribution in [0, 0.1) is 16.7 Å². The number of benzodiazepines with no additional fused rings is 1. The lowest BCUT2D eigenvalue weighted by Gasteiger charge is -2.46. The molecule has 0 saturated heterocycles. The molecule has 0 unspecified atom stereocenters. The van der Waals surface area contributed by atoms with E-state index in [0.29, 0.717) is 16.8 Å². The van der Waals surface area contributed by atoms with E-state index >= 15 is 0 Å². The van der Waals surface area contributed by atoms with Crippen LogP contribution in [0.3, 0.4) is 0 Å². The van der Waals surface area contributed by atoms with E-state index in [2.05, 4.69) is 15.6 Å². The summed E-state index contributed by atoms with van der Waals surface area (Å²) in [5, 5.41) is 15.4. The SMILES string of the molecule is CC(C)(C)[C@@](CCCC(F)(F)F)(C(=O)O)[C@@H](CCC(F)(F)F)C(=O)N[C@H]1N=C(c2ccccc2)c2ccccc2NC1=O. The van der Waals surface area contributed by atoms with Crippen molar-refractivity contribution in [3.63, 3.8) is 0 Å². The first-order chi connectivity index (χ1) is 19.9. The number of alkyl halides is 6. The number of nitrogens with one attached hydrogen (secondary N) is 2. The van der Waals surface area contributed by atoms with E-state index in [-0.39, 0.29) is 5.71 Å². The summed E-state index contributed by atoms with van der Waals surface area (Å²) in [6.07, 6.45) is -16.6. The van der Waals surface area contributed by atoms with Gasteiger partial charge in [-0.15, -0.1) is 0 Å². The number of fused-ring (bicyclic) bond motifs is 1. The molecule has 234 valence electrons. The van der Waals surface area contributed by atoms with Crippen LogP contribution in [0.5, 0.6) is 0 Å². The van der Waals surface area contributed by atoms with E-state index in [0.717, 1.165) is 0 Å². The summed E-state index contributed by atoms with van der Waals surface area (Å²) in [6, 6.07) is 15.2. The molecule has 0 saturated carbocycles. The van der Waals surface area contributed by atoms with E-state index < -0.39 is 85.2 Å². The van der Waals surface area contributed by atoms with Gasteiger partial charge in [-0.2, -0.15) is 26.3 Å². The Morgan fingerprint density at radius 3 is 2.05 bits per heavy atom. The van der Waals surface area contributed by atoms with Crippen molar-refractivity contribution in [3.8, 4) is 0 Å². The van der Waals surface area contributed by atoms with Gasteiger partial charge in [0.05, 0.1) is 22.7 Å². The highest BCUT2D eigenvalue weighted by Gasteiger charge is 2.57. The van der Waals surface area contributed by atoms with Gasteiger partial charge in [-0.1, -0.05) is 69.3 Å². The van der Waals surface area contributed by atoms with Gasteiger partial charge in [-0.25, -0.2) is 4.99 Å². The third kappa shape index (κ3) is 8.14. The van der Waals surface area contributed by atoms with Gasteiger partial charge >= 0.3 is 18.3 Å². The maximum Gasteiger partial charge on any atom is 0.389 e. The molecule has 2 amide bonds. The zero-order valence-electron chi connectivity index (χ0n) is 23.8. The third-order valence-corrected chi connectivity index (χ3v) is 7.65. The number of hydrogen-bond donors (Lipinski definition) is 3. The summed E-state index contributed by atoms with van der Waals surface area (Å²) >= 11 is 0. The number of aliphatic carboxylic acids is 1. The van der Waals surface area contributed by atoms with Crippen LogP contribution in [0.15, 0.2) is 59.6 Å². The normalized spacial score (nSPS) is 17.9. The first-order valence-corrected chi connectivity index (χ1v) is 13.6. The second kappa shape index (κ2) is 12.8. The van der Waals surface area contributed by atoms with Crippen LogP contribution < -0.4 is 10.6 Å². The van der Waals surface area contributed by atoms with Crippen LogP contribution in [0.1, 0.15) is 64.0 Å². The molecule has 1 heterocycles. The van der Waals surface area contributed by atoms with Gasteiger partial charge in [-0.05, 0) is 30.7 Å². The Bertz CT molecular complexity index is 1350. The average molecular weight is 614 g/mol. The molecule has 0 aliphatic carbocycles. The van der Waals surface area contributed by atoms with Crippen molar-refractivity contribution in [1.29, 1.82) is 0 Å². The lowest BCUT2D eigenvalue weighted by atomic mass is 9.56. The van der Waals surface area contributed by atoms with Crippen molar-refractivity contribution in [2.45, 2.75) is 71.4 Å². The summed E-state index contributed by atoms with van der Waals surface area (Å²) in [4.78, 5) is 44.4. The molecular weight excluding hydrogens is 580 g/mol. The quantitative estimate of drug-likeness (QED) is 0.259. The van der Waals surface area contributed by atoms with Crippen LogP contribution in [-0.4, -0.2) is 47.1 Å². The summed E-state index contributed by atoms with van der Waals surface area (Å²) < 4.78 is 79.4. The Hall–Kier alpha value is -3.90. The monoisotopic (exact) mass is 613 g/mol. The molecule has 0 aromatic heterocycles. The molecule has 3 N–H and O–H groups in total. The molecule has 0 fully saturated rings. The molecular formula is C30H33F6N3O4. The standard InChI is InChI=1S/C30H33F6N3O4/c1-27(2,3)28(26(42)43,15-9-16-29(31,32)33)20(14-17-30(34,35)36)24(40)39-23-25(41)37-21-13-8-7-12-19(21)22(38-23)18-10-5-4-6-11-18/h4-8,10-13,20,23H,9,14-17H2,1-3H3,(H,37,41)(H,39,40)(H,42,43)/t20-,23+,28+/m0/s1. The highest BCUT2D eigenvalue weighted by molar-refractivity contribution is 6.19. The summed E-state index contributed by atoms with van der Waals surface area (Å²) in [5.74, 6) is -5.75. The Labute approximate surface area is 244 Å². The maximum absolute atomic E-state index is 13.8. The topological polar surface area (TPSA) is 108 Å². The molecule has 7 nitrogen and oxygen atoms in total. The third-order valence-electron chi connectivity index (χ3n) is 7.65. The number of halogens is 6. The van der Waals surface area contributed by atoms with Gasteiger partial charge in [0.2, 0.25) is 12.1 Å². The Kier molecular flexibility index (Phi) is 9.97. The fourth-order valence-corrected chi connectivity index (χ4v) is 5.54. The largest absolute Gasteiger partial charge is 0.481 e. The number of amides is 2. The van der Waals surface area contributed by atoms with Crippen molar-refractivity contribution in [2.24, 2.45) is 21.7 Å². The van der Waals surface area contributed by atoms with E-state index in [4.69, 9.17) is 0 Å². The molecule has 0 bridgehead atoms. The van der Waals surface area contributed by atoms with E-state index in [1.807, 2.05) is 0 Å². The van der Waals surface area contributed by atoms with E-state index in [9.17, 15) is 45.8 Å². The Balaban J connectivity index is 2.10. The van der Waals surface area contributed by atoms with Gasteiger partial charge in [0.25, 0.3) is 5.91 Å². The molecule has 1 aliphatic heterocycles. The summed E-state index contributed by atoms with van der Waals surface area (Å²) in [7, 11) is 0. The zero-order chi connectivity index (χ0) is 32.2. The summed E-state index contributed by atoms with van der Waals surface area (Å²) in [6.45, 7) is 4.05. The molecule has 13 heteroatoms. The predicted octanol–water partition coefficient (Wildman–Crippen LogP) is 6.73. The Morgan fingerprint density at radius 2 is 1.49 bits per heavy atom. The minimum absolute atomic E-state index is 0.275. The first kappa shape index (κ1) is 33.6. The highest BCUT2D eigenvalue weighted by Crippen LogP contribution is 2.52. The molecule has 2 aromatic rings. The number of aliphatic imine (C=N–C) groups is 1. The van der Waals surface area contributed by atoms with Crippen LogP contribution >= 0.6 is 0 Å². The van der Waals surface area contributed by atoms with Crippen molar-refractivity contribution in [2.75, 3.05) is 5.32 Å². The predicted molar refractivity (Wildman–Crippen MR) is 147 cm³/mol. The first-order valence-electron chi connectivity index (χ1n) is 13.6. The van der Waals surface area contributed by atoms with Crippen LogP contribution in [-0.2, 0) is 14.4 Å². The number of benzene rings is 2. The molecule has 3 atom stereocenters. The lowest BCUT2D eigenvalue weighted by molar-refractivity contribution is -0.176. The number of carboxylic acids is 1. The second-order valence-corrected chi connectivity index (χ2v) is 11.5. The molecule has 0 radical (unpaired) electrons. The average Bonchev–Trinajstić information content (AvgIpc) is 3.02. The second-order valence-electron chi connectivity index (χ2n) is 11.5. The van der Waals surface area contributed by atoms with Gasteiger partial charge < -0.3 is 15.7 Å². The molecule has 3 rings (SSSR count). The fraction of sp³-hybridized carbons (Fsp3) is 0.467. The number of para-hydroxylation sites is 1. The number of carboxylic acid groups (broad SMARTS) is 1. The lowest BCUT2D eigenvalue weighted by Crippen LogP contribution is -2.56. The minimum Gasteiger partial charge on any atom is -0.481 e. The smallest absolute Gasteiger partial charge is 0.389 e. The molecule has 0 spiro atoms. The Morgan fingerprint density at radius 1 is 0.907 bits per heavy atom. The summed E-state index contributed by atoms with van der Waals surface area (Å²) in [5.41, 5.74) is -2.16. The van der Waals surface area contributed by atoms with Crippen molar-refractivity contribution >= 4 is 29.2 Å². The maximum atomic E-state index is 13.8. The van der Waals surface area contributed by atoms with E-state index in [1.165, 1.54) is 20.8 Å². The molecule has 43 heavy (non-hydrogen) atoms. The van der Waals surface area contributed by atoms with Crippen LogP contribution in [0.4, 0.5) is 32.0 Å². The van der Waals surface area contributed by atoms with Gasteiger partial charge in [0, 0.05) is 24.0 Å². The molecule has 2 aromatic carbocycles. The fourth-order valence-electron chi connectivity index (χ4n) is 5.54. The zero-order valence-corrected chi connectivity index (χ0v) is 23.8. The van der Waals surface area contributed by atoms with Gasteiger partial charge in [0.1, 0.15) is 0 Å². The van der Waals surface area contributed by atoms with Crippen LogP contribution in [0.25, 0.3) is 0 Å².